The first-order chi connectivity index (χ1) is 9.96. The maximum atomic E-state index is 11.7. The lowest BCUT2D eigenvalue weighted by Gasteiger charge is -2.34. The topological polar surface area (TPSA) is 41.6 Å². The molecule has 2 aliphatic rings. The van der Waals surface area contributed by atoms with Crippen LogP contribution in [-0.2, 0) is 4.74 Å². The molecule has 0 bridgehead atoms. The molecule has 0 spiro atoms. The van der Waals surface area contributed by atoms with Gasteiger partial charge in [0.2, 0.25) is 0 Å². The number of amides is 1. The van der Waals surface area contributed by atoms with Crippen molar-refractivity contribution in [2.75, 3.05) is 13.1 Å². The monoisotopic (exact) mass is 296 g/mol. The van der Waals surface area contributed by atoms with Crippen LogP contribution < -0.4 is 5.32 Å². The molecule has 0 aromatic carbocycles. The van der Waals surface area contributed by atoms with Crippen LogP contribution in [0.2, 0.25) is 0 Å². The summed E-state index contributed by atoms with van der Waals surface area (Å²) in [6.07, 6.45) is 10.5. The largest absolute Gasteiger partial charge is 0.444 e. The molecule has 0 aromatic heterocycles. The van der Waals surface area contributed by atoms with Gasteiger partial charge in [-0.3, -0.25) is 4.90 Å². The third-order valence-corrected chi connectivity index (χ3v) is 4.63. The van der Waals surface area contributed by atoms with Gasteiger partial charge >= 0.3 is 6.09 Å². The van der Waals surface area contributed by atoms with E-state index in [2.05, 4.69) is 10.2 Å². The molecule has 0 unspecified atom stereocenters. The number of rotatable bonds is 5. The van der Waals surface area contributed by atoms with Gasteiger partial charge in [0.05, 0.1) is 0 Å². The summed E-state index contributed by atoms with van der Waals surface area (Å²) < 4.78 is 5.30. The van der Waals surface area contributed by atoms with E-state index in [4.69, 9.17) is 4.74 Å². The van der Waals surface area contributed by atoms with Crippen LogP contribution in [-0.4, -0.2) is 41.8 Å². The Morgan fingerprint density at radius 3 is 1.95 bits per heavy atom. The summed E-state index contributed by atoms with van der Waals surface area (Å²) in [5.74, 6) is 0. The summed E-state index contributed by atoms with van der Waals surface area (Å²) in [6.45, 7) is 7.36. The highest BCUT2D eigenvalue weighted by Crippen LogP contribution is 2.31. The lowest BCUT2D eigenvalue weighted by atomic mass is 10.1. The standard InChI is InChI=1S/C17H32N2O2/c1-17(2,3)21-16(20)18-12-13-19(14-8-4-5-9-14)15-10-6-7-11-15/h14-15H,4-13H2,1-3H3,(H,18,20). The van der Waals surface area contributed by atoms with Crippen molar-refractivity contribution in [2.24, 2.45) is 0 Å². The van der Waals surface area contributed by atoms with Crippen LogP contribution in [0, 0.1) is 0 Å². The van der Waals surface area contributed by atoms with Crippen molar-refractivity contribution in [2.45, 2.75) is 89.8 Å². The molecule has 21 heavy (non-hydrogen) atoms. The lowest BCUT2D eigenvalue weighted by molar-refractivity contribution is 0.0510. The zero-order chi connectivity index (χ0) is 15.3. The summed E-state index contributed by atoms with van der Waals surface area (Å²) >= 11 is 0. The van der Waals surface area contributed by atoms with E-state index in [-0.39, 0.29) is 6.09 Å². The molecule has 2 rings (SSSR count). The van der Waals surface area contributed by atoms with Gasteiger partial charge in [0.1, 0.15) is 5.60 Å². The molecule has 2 aliphatic carbocycles. The van der Waals surface area contributed by atoms with E-state index in [1.165, 1.54) is 51.4 Å². The van der Waals surface area contributed by atoms with E-state index in [1.807, 2.05) is 20.8 Å². The van der Waals surface area contributed by atoms with Crippen LogP contribution in [0.4, 0.5) is 4.79 Å². The molecule has 1 N–H and O–H groups in total. The molecular formula is C17H32N2O2. The molecule has 0 aliphatic heterocycles. The normalized spacial score (nSPS) is 21.1. The highest BCUT2D eigenvalue weighted by Gasteiger charge is 2.30. The zero-order valence-electron chi connectivity index (χ0n) is 14.0. The molecule has 2 saturated carbocycles. The molecule has 0 atom stereocenters. The highest BCUT2D eigenvalue weighted by atomic mass is 16.6. The van der Waals surface area contributed by atoms with E-state index in [0.717, 1.165) is 18.6 Å². The van der Waals surface area contributed by atoms with Crippen molar-refractivity contribution in [3.05, 3.63) is 0 Å². The van der Waals surface area contributed by atoms with Gasteiger partial charge < -0.3 is 10.1 Å². The van der Waals surface area contributed by atoms with Crippen molar-refractivity contribution in [1.82, 2.24) is 10.2 Å². The van der Waals surface area contributed by atoms with E-state index in [1.54, 1.807) is 0 Å². The molecule has 4 nitrogen and oxygen atoms in total. The van der Waals surface area contributed by atoms with E-state index < -0.39 is 5.60 Å². The fraction of sp³-hybridized carbons (Fsp3) is 0.941. The summed E-state index contributed by atoms with van der Waals surface area (Å²) in [5.41, 5.74) is -0.416. The average Bonchev–Trinajstić information content (AvgIpc) is 3.05. The minimum Gasteiger partial charge on any atom is -0.444 e. The lowest BCUT2D eigenvalue weighted by Crippen LogP contribution is -2.45. The second kappa shape index (κ2) is 7.48. The molecule has 122 valence electrons. The molecule has 2 fully saturated rings. The fourth-order valence-corrected chi connectivity index (χ4v) is 3.74. The van der Waals surface area contributed by atoms with Crippen LogP contribution in [0.3, 0.4) is 0 Å². The smallest absolute Gasteiger partial charge is 0.407 e. The Labute approximate surface area is 129 Å². The van der Waals surface area contributed by atoms with Gasteiger partial charge in [-0.25, -0.2) is 4.79 Å². The molecule has 0 radical (unpaired) electrons. The number of ether oxygens (including phenoxy) is 1. The predicted octanol–water partition coefficient (Wildman–Crippen LogP) is 3.70. The summed E-state index contributed by atoms with van der Waals surface area (Å²) in [4.78, 5) is 14.4. The van der Waals surface area contributed by atoms with E-state index in [9.17, 15) is 4.79 Å². The van der Waals surface area contributed by atoms with Crippen molar-refractivity contribution in [1.29, 1.82) is 0 Å². The summed E-state index contributed by atoms with van der Waals surface area (Å²) in [6, 6.07) is 1.49. The Kier molecular flexibility index (Phi) is 5.91. The number of alkyl carbamates (subject to hydrolysis) is 1. The zero-order valence-corrected chi connectivity index (χ0v) is 14.0. The third kappa shape index (κ3) is 5.50. The molecule has 0 saturated heterocycles. The maximum Gasteiger partial charge on any atom is 0.407 e. The number of hydrogen-bond acceptors (Lipinski definition) is 3. The van der Waals surface area contributed by atoms with E-state index >= 15 is 0 Å². The Hall–Kier alpha value is -0.770. The maximum absolute atomic E-state index is 11.7. The molecular weight excluding hydrogens is 264 g/mol. The van der Waals surface area contributed by atoms with Crippen LogP contribution in [0.5, 0.6) is 0 Å². The van der Waals surface area contributed by atoms with Crippen LogP contribution in [0.25, 0.3) is 0 Å². The van der Waals surface area contributed by atoms with Gasteiger partial charge in [0, 0.05) is 25.2 Å². The van der Waals surface area contributed by atoms with Gasteiger partial charge in [-0.15, -0.1) is 0 Å². The molecule has 4 heteroatoms. The quantitative estimate of drug-likeness (QED) is 0.841. The Morgan fingerprint density at radius 2 is 1.52 bits per heavy atom. The summed E-state index contributed by atoms with van der Waals surface area (Å²) in [5, 5.41) is 2.91. The first kappa shape index (κ1) is 16.6. The van der Waals surface area contributed by atoms with Gasteiger partial charge in [0.25, 0.3) is 0 Å². The van der Waals surface area contributed by atoms with Crippen LogP contribution in [0.15, 0.2) is 0 Å². The Morgan fingerprint density at radius 1 is 1.05 bits per heavy atom. The van der Waals surface area contributed by atoms with Crippen molar-refractivity contribution in [3.8, 4) is 0 Å². The second-order valence-corrected chi connectivity index (χ2v) is 7.54. The van der Waals surface area contributed by atoms with Crippen molar-refractivity contribution < 1.29 is 9.53 Å². The van der Waals surface area contributed by atoms with Crippen molar-refractivity contribution >= 4 is 6.09 Å². The van der Waals surface area contributed by atoms with Crippen LogP contribution >= 0.6 is 0 Å². The first-order valence-corrected chi connectivity index (χ1v) is 8.68. The van der Waals surface area contributed by atoms with Crippen molar-refractivity contribution in [3.63, 3.8) is 0 Å². The Balaban J connectivity index is 1.77. The number of carbonyl (C=O) groups excluding carboxylic acids is 1. The van der Waals surface area contributed by atoms with E-state index in [0.29, 0.717) is 6.54 Å². The number of nitrogens with one attached hydrogen (secondary N) is 1. The first-order valence-electron chi connectivity index (χ1n) is 8.68. The second-order valence-electron chi connectivity index (χ2n) is 7.54. The average molecular weight is 296 g/mol. The van der Waals surface area contributed by atoms with Gasteiger partial charge in [-0.2, -0.15) is 0 Å². The fourth-order valence-electron chi connectivity index (χ4n) is 3.74. The number of nitrogens with zero attached hydrogens (tertiary/aromatic N) is 1. The van der Waals surface area contributed by atoms with Crippen LogP contribution in [0.1, 0.15) is 72.1 Å². The molecule has 1 amide bonds. The highest BCUT2D eigenvalue weighted by molar-refractivity contribution is 5.67. The number of carbonyl (C=O) groups is 1. The van der Waals surface area contributed by atoms with Gasteiger partial charge in [0.15, 0.2) is 0 Å². The third-order valence-electron chi connectivity index (χ3n) is 4.63. The minimum atomic E-state index is -0.416. The Bertz CT molecular complexity index is 310. The molecule has 0 heterocycles. The minimum absolute atomic E-state index is 0.291. The predicted molar refractivity (Wildman–Crippen MR) is 85.5 cm³/mol. The SMILES string of the molecule is CC(C)(C)OC(=O)NCCN(C1CCCC1)C1CCCC1. The summed E-state index contributed by atoms with van der Waals surface area (Å²) in [7, 11) is 0. The number of hydrogen-bond donors (Lipinski definition) is 1. The molecule has 0 aromatic rings. The van der Waals surface area contributed by atoms with Gasteiger partial charge in [-0.05, 0) is 46.5 Å². The van der Waals surface area contributed by atoms with Gasteiger partial charge in [-0.1, -0.05) is 25.7 Å².